The van der Waals surface area contributed by atoms with Gasteiger partial charge in [-0.05, 0) is 76.3 Å². The van der Waals surface area contributed by atoms with E-state index in [1.165, 1.54) is 25.7 Å². The van der Waals surface area contributed by atoms with Crippen molar-refractivity contribution in [2.75, 3.05) is 6.54 Å². The fourth-order valence-electron chi connectivity index (χ4n) is 3.47. The molecule has 9 heteroatoms. The fraction of sp³-hybridized carbons (Fsp3) is 0.485. The lowest BCUT2D eigenvalue weighted by Crippen LogP contribution is -2.43. The summed E-state index contributed by atoms with van der Waals surface area (Å²) in [6, 6.07) is 6.06. The molecule has 1 amide bonds. The van der Waals surface area contributed by atoms with Crippen LogP contribution in [0.1, 0.15) is 85.1 Å². The zero-order chi connectivity index (χ0) is 32.1. The largest absolute Gasteiger partial charge is 0.469 e. The van der Waals surface area contributed by atoms with E-state index in [-0.39, 0.29) is 30.1 Å². The molecule has 42 heavy (non-hydrogen) atoms. The van der Waals surface area contributed by atoms with Crippen molar-refractivity contribution < 1.29 is 22.8 Å². The Morgan fingerprint density at radius 1 is 1.21 bits per heavy atom. The minimum absolute atomic E-state index is 0.0274. The predicted octanol–water partition coefficient (Wildman–Crippen LogP) is 6.83. The Labute approximate surface area is 251 Å². The number of aliphatic imine (C=N–C) groups is 1. The van der Waals surface area contributed by atoms with Crippen LogP contribution in [0.15, 0.2) is 64.5 Å². The van der Waals surface area contributed by atoms with E-state index >= 15 is 0 Å². The number of carbonyl (C=O) groups excluding carboxylic acids is 2. The highest BCUT2D eigenvalue weighted by Gasteiger charge is 2.23. The summed E-state index contributed by atoms with van der Waals surface area (Å²) in [5, 5.41) is 8.36. The maximum absolute atomic E-state index is 13.9. The van der Waals surface area contributed by atoms with Crippen molar-refractivity contribution in [3.8, 4) is 0 Å². The van der Waals surface area contributed by atoms with Crippen molar-refractivity contribution in [1.29, 1.82) is 0 Å². The normalized spacial score (nSPS) is 13.9. The average molecular weight is 589 g/mol. The summed E-state index contributed by atoms with van der Waals surface area (Å²) in [5.41, 5.74) is 0.334. The van der Waals surface area contributed by atoms with Crippen LogP contribution in [-0.2, 0) is 28.9 Å². The van der Waals surface area contributed by atoms with Crippen molar-refractivity contribution in [1.82, 2.24) is 16.0 Å². The maximum atomic E-state index is 13.9. The molecule has 0 radical (unpaired) electrons. The summed E-state index contributed by atoms with van der Waals surface area (Å²) in [7, 11) is 0. The van der Waals surface area contributed by atoms with Gasteiger partial charge in [0.1, 0.15) is 28.8 Å². The average Bonchev–Trinajstić information content (AvgIpc) is 3.46. The lowest BCUT2D eigenvalue weighted by Gasteiger charge is -2.26. The van der Waals surface area contributed by atoms with E-state index < -0.39 is 17.2 Å². The Balaban J connectivity index is 0.000000992. The zero-order valence-corrected chi connectivity index (χ0v) is 26.6. The highest BCUT2D eigenvalue weighted by Crippen LogP contribution is 2.25. The van der Waals surface area contributed by atoms with E-state index in [9.17, 15) is 18.4 Å². The molecule has 234 valence electrons. The zero-order valence-electron chi connectivity index (χ0n) is 26.6. The van der Waals surface area contributed by atoms with Crippen molar-refractivity contribution in [2.45, 2.75) is 99.1 Å². The molecule has 0 aliphatic heterocycles. The minimum Gasteiger partial charge on any atom is -0.469 e. The van der Waals surface area contributed by atoms with E-state index in [1.54, 1.807) is 20.1 Å². The minimum atomic E-state index is -0.853. The highest BCUT2D eigenvalue weighted by atomic mass is 19.1. The monoisotopic (exact) mass is 588 g/mol. The van der Waals surface area contributed by atoms with Crippen molar-refractivity contribution >= 4 is 18.0 Å². The number of allylic oxidation sites excluding steroid dienone is 2. The van der Waals surface area contributed by atoms with Crippen LogP contribution < -0.4 is 16.0 Å². The number of halogens is 2. The summed E-state index contributed by atoms with van der Waals surface area (Å²) in [4.78, 5) is 27.5. The third-order valence-electron chi connectivity index (χ3n) is 5.93. The van der Waals surface area contributed by atoms with Crippen LogP contribution in [0.2, 0.25) is 0 Å². The quantitative estimate of drug-likeness (QED) is 0.161. The van der Waals surface area contributed by atoms with Crippen LogP contribution in [0.4, 0.5) is 8.78 Å². The molecule has 7 nitrogen and oxygen atoms in total. The van der Waals surface area contributed by atoms with Gasteiger partial charge in [0.2, 0.25) is 5.91 Å². The van der Waals surface area contributed by atoms with Crippen molar-refractivity contribution in [3.63, 3.8) is 0 Å². The van der Waals surface area contributed by atoms with Crippen LogP contribution >= 0.6 is 0 Å². The van der Waals surface area contributed by atoms with Crippen molar-refractivity contribution in [2.24, 2.45) is 4.99 Å². The molecule has 0 fully saturated rings. The molecule has 1 aliphatic rings. The first-order chi connectivity index (χ1) is 19.9. The van der Waals surface area contributed by atoms with E-state index in [4.69, 9.17) is 4.42 Å². The van der Waals surface area contributed by atoms with Gasteiger partial charge in [-0.2, -0.15) is 0 Å². The third kappa shape index (κ3) is 15.4. The number of fused-ring (bicyclic) bond motifs is 1. The first-order valence-electron chi connectivity index (χ1n) is 14.6. The van der Waals surface area contributed by atoms with Gasteiger partial charge in [0.15, 0.2) is 5.78 Å². The van der Waals surface area contributed by atoms with Crippen LogP contribution in [0.25, 0.3) is 0 Å². The van der Waals surface area contributed by atoms with Crippen LogP contribution in [0.5, 0.6) is 0 Å². The van der Waals surface area contributed by atoms with Crippen LogP contribution in [0.3, 0.4) is 0 Å². The number of carbonyl (C=O) groups is 2. The second kappa shape index (κ2) is 21.2. The molecule has 0 saturated heterocycles. The molecule has 1 atom stereocenters. The number of rotatable bonds is 10. The molecular formula is C33H50F2N4O3. The van der Waals surface area contributed by atoms with Gasteiger partial charge in [-0.15, -0.1) is 0 Å². The number of furan rings is 1. The molecular weight excluding hydrogens is 538 g/mol. The lowest BCUT2D eigenvalue weighted by atomic mass is 9.88. The van der Waals surface area contributed by atoms with E-state index in [2.05, 4.69) is 47.4 Å². The Morgan fingerprint density at radius 3 is 2.45 bits per heavy atom. The van der Waals surface area contributed by atoms with Gasteiger partial charge in [-0.3, -0.25) is 14.6 Å². The van der Waals surface area contributed by atoms with Gasteiger partial charge in [0.05, 0.1) is 19.1 Å². The SMILES string of the molecule is C/C=C\Cc1ccco1.C=C(NC=NC(C)(C)C(C)=O)NC(=O)CNC1CCc2cc(F)cc(F)c2C1.CC.CCC. The summed E-state index contributed by atoms with van der Waals surface area (Å²) in [6.07, 6.45) is 10.9. The third-order valence-corrected chi connectivity index (χ3v) is 5.93. The molecule has 1 aliphatic carbocycles. The summed E-state index contributed by atoms with van der Waals surface area (Å²) >= 11 is 0. The number of amides is 1. The first kappa shape index (κ1) is 38.4. The molecule has 1 unspecified atom stereocenters. The standard InChI is InChI=1S/C20H26F2N4O2.C8H10O.C3H8.C2H6/c1-12(27)20(3,4)25-11-24-13(2)26-19(28)10-23-16-6-5-14-7-15(21)8-18(22)17(14)9-16;1-2-3-5-8-6-4-7-9-8;1-3-2;1-2/h7-8,11,16,23H,2,5-6,9-10H2,1,3-4H3,(H,24,25)(H,26,28);2-4,6-7H,5H2,1H3;3H2,1-2H3;1-2H3/b;3-2-;;. The number of benzene rings is 1. The fourth-order valence-corrected chi connectivity index (χ4v) is 3.47. The predicted molar refractivity (Wildman–Crippen MR) is 168 cm³/mol. The number of nitrogens with zero attached hydrogens (tertiary/aromatic N) is 1. The molecule has 1 heterocycles. The number of ketones is 1. The molecule has 3 N–H and O–H groups in total. The topological polar surface area (TPSA) is 95.7 Å². The molecule has 0 saturated carbocycles. The Hall–Kier alpha value is -3.59. The van der Waals surface area contributed by atoms with Crippen LogP contribution in [0, 0.1) is 11.6 Å². The molecule has 1 aromatic carbocycles. The second-order valence-corrected chi connectivity index (χ2v) is 9.95. The van der Waals surface area contributed by atoms with Gasteiger partial charge in [-0.25, -0.2) is 8.78 Å². The molecule has 0 spiro atoms. The van der Waals surface area contributed by atoms with E-state index in [1.807, 2.05) is 39.0 Å². The van der Waals surface area contributed by atoms with Gasteiger partial charge < -0.3 is 20.4 Å². The van der Waals surface area contributed by atoms with E-state index in [0.29, 0.717) is 30.4 Å². The first-order valence-corrected chi connectivity index (χ1v) is 14.6. The summed E-state index contributed by atoms with van der Waals surface area (Å²) in [5.74, 6) is -0.266. The molecule has 1 aromatic heterocycles. The second-order valence-electron chi connectivity index (χ2n) is 9.95. The maximum Gasteiger partial charge on any atom is 0.239 e. The van der Waals surface area contributed by atoms with Crippen molar-refractivity contribution in [3.05, 3.63) is 83.6 Å². The van der Waals surface area contributed by atoms with Gasteiger partial charge in [-0.1, -0.05) is 52.8 Å². The number of aryl methyl sites for hydroxylation is 1. The highest BCUT2D eigenvalue weighted by molar-refractivity contribution is 5.86. The number of nitrogens with one attached hydrogen (secondary N) is 3. The van der Waals surface area contributed by atoms with Crippen LogP contribution in [-0.4, -0.2) is 36.2 Å². The Bertz CT molecular complexity index is 1140. The van der Waals surface area contributed by atoms with Gasteiger partial charge >= 0.3 is 0 Å². The van der Waals surface area contributed by atoms with E-state index in [0.717, 1.165) is 18.2 Å². The Morgan fingerprint density at radius 2 is 1.88 bits per heavy atom. The lowest BCUT2D eigenvalue weighted by molar-refractivity contribution is -0.121. The number of Topliss-reactive ketones (excluding diaryl/α,β-unsaturated/α-hetero) is 1. The molecule has 0 bridgehead atoms. The summed E-state index contributed by atoms with van der Waals surface area (Å²) in [6.45, 7) is 18.8. The smallest absolute Gasteiger partial charge is 0.239 e. The summed E-state index contributed by atoms with van der Waals surface area (Å²) < 4.78 is 32.3. The Kier molecular flexibility index (Phi) is 19.4. The van der Waals surface area contributed by atoms with Gasteiger partial charge in [0.25, 0.3) is 0 Å². The number of hydrogen-bond donors (Lipinski definition) is 3. The molecule has 2 aromatic rings. The molecule has 3 rings (SSSR count). The van der Waals surface area contributed by atoms with Gasteiger partial charge in [0, 0.05) is 18.5 Å². The number of hydrogen-bond acceptors (Lipinski definition) is 5.